The quantitative estimate of drug-likeness (QED) is 0.731. The van der Waals surface area contributed by atoms with Crippen LogP contribution in [0.3, 0.4) is 0 Å². The molecule has 0 bridgehead atoms. The van der Waals surface area contributed by atoms with Crippen molar-refractivity contribution in [3.05, 3.63) is 29.7 Å². The second kappa shape index (κ2) is 4.52. The number of anilines is 1. The van der Waals surface area contributed by atoms with Crippen molar-refractivity contribution in [1.82, 2.24) is 14.8 Å². The first-order valence-electron chi connectivity index (χ1n) is 5.30. The predicted octanol–water partition coefficient (Wildman–Crippen LogP) is -0.0437. The van der Waals surface area contributed by atoms with E-state index in [4.69, 9.17) is 5.14 Å². The highest BCUT2D eigenvalue weighted by atomic mass is 32.2. The molecular formula is C10H13N5O3S. The number of carbonyl (C=O) groups excluding carboxylic acids is 1. The van der Waals surface area contributed by atoms with Gasteiger partial charge in [-0.2, -0.15) is 5.10 Å². The maximum Gasteiger partial charge on any atom is 0.273 e. The van der Waals surface area contributed by atoms with Crippen LogP contribution in [0, 0.1) is 6.92 Å². The van der Waals surface area contributed by atoms with Gasteiger partial charge in [-0.05, 0) is 13.0 Å². The SMILES string of the molecule is Cc1cc(NC(=O)c2cc(S(N)(=O)=O)cn2C)n[nH]1. The van der Waals surface area contributed by atoms with Crippen LogP contribution in [0.5, 0.6) is 0 Å². The third-order valence-electron chi connectivity index (χ3n) is 2.49. The third-order valence-corrected chi connectivity index (χ3v) is 3.37. The highest BCUT2D eigenvalue weighted by molar-refractivity contribution is 7.89. The zero-order valence-corrected chi connectivity index (χ0v) is 11.2. The van der Waals surface area contributed by atoms with E-state index in [-0.39, 0.29) is 10.6 Å². The molecule has 102 valence electrons. The number of aryl methyl sites for hydroxylation is 2. The Hall–Kier alpha value is -2.13. The van der Waals surface area contributed by atoms with Crippen molar-refractivity contribution in [2.24, 2.45) is 12.2 Å². The smallest absolute Gasteiger partial charge is 0.273 e. The lowest BCUT2D eigenvalue weighted by atomic mass is 10.4. The van der Waals surface area contributed by atoms with Gasteiger partial charge >= 0.3 is 0 Å². The van der Waals surface area contributed by atoms with Crippen LogP contribution >= 0.6 is 0 Å². The number of H-pyrrole nitrogens is 1. The van der Waals surface area contributed by atoms with Crippen molar-refractivity contribution in [3.63, 3.8) is 0 Å². The van der Waals surface area contributed by atoms with Crippen LogP contribution in [-0.2, 0) is 17.1 Å². The minimum Gasteiger partial charge on any atom is -0.345 e. The fourth-order valence-electron chi connectivity index (χ4n) is 1.58. The molecule has 2 aromatic heterocycles. The van der Waals surface area contributed by atoms with E-state index in [1.807, 2.05) is 0 Å². The van der Waals surface area contributed by atoms with Crippen molar-refractivity contribution < 1.29 is 13.2 Å². The largest absolute Gasteiger partial charge is 0.345 e. The summed E-state index contributed by atoms with van der Waals surface area (Å²) in [6, 6.07) is 2.87. The molecule has 4 N–H and O–H groups in total. The summed E-state index contributed by atoms with van der Waals surface area (Å²) < 4.78 is 23.8. The molecule has 0 unspecified atom stereocenters. The summed E-state index contributed by atoms with van der Waals surface area (Å²) in [5, 5.41) is 14.1. The number of rotatable bonds is 3. The molecule has 9 heteroatoms. The molecule has 0 spiro atoms. The first-order valence-corrected chi connectivity index (χ1v) is 6.84. The molecule has 0 saturated heterocycles. The molecule has 19 heavy (non-hydrogen) atoms. The van der Waals surface area contributed by atoms with E-state index >= 15 is 0 Å². The van der Waals surface area contributed by atoms with E-state index in [1.54, 1.807) is 20.0 Å². The highest BCUT2D eigenvalue weighted by Crippen LogP contribution is 2.13. The van der Waals surface area contributed by atoms with Gasteiger partial charge < -0.3 is 9.88 Å². The van der Waals surface area contributed by atoms with Crippen LogP contribution in [0.1, 0.15) is 16.2 Å². The average molecular weight is 283 g/mol. The number of aromatic nitrogens is 3. The van der Waals surface area contributed by atoms with Crippen LogP contribution < -0.4 is 10.5 Å². The number of hydrogen-bond acceptors (Lipinski definition) is 4. The van der Waals surface area contributed by atoms with Crippen molar-refractivity contribution in [2.75, 3.05) is 5.32 Å². The molecule has 1 amide bonds. The lowest BCUT2D eigenvalue weighted by Crippen LogP contribution is -2.15. The molecule has 0 aliphatic carbocycles. The molecular weight excluding hydrogens is 270 g/mol. The Labute approximate surface area is 109 Å². The van der Waals surface area contributed by atoms with Gasteiger partial charge in [0.15, 0.2) is 5.82 Å². The molecule has 0 aliphatic heterocycles. The van der Waals surface area contributed by atoms with Crippen molar-refractivity contribution in [2.45, 2.75) is 11.8 Å². The van der Waals surface area contributed by atoms with Crippen LogP contribution in [0.25, 0.3) is 0 Å². The van der Waals surface area contributed by atoms with Crippen LogP contribution in [-0.4, -0.2) is 29.1 Å². The Morgan fingerprint density at radius 2 is 2.16 bits per heavy atom. The molecule has 0 fully saturated rings. The standard InChI is InChI=1S/C10H13N5O3S/c1-6-3-9(14-13-6)12-10(16)8-4-7(5-15(8)2)19(11,17)18/h3-5H,1-2H3,(H2,11,17,18)(H2,12,13,14,16). The summed E-state index contributed by atoms with van der Waals surface area (Å²) in [6.45, 7) is 1.80. The summed E-state index contributed by atoms with van der Waals surface area (Å²) in [6.07, 6.45) is 1.28. The minimum atomic E-state index is -3.83. The molecule has 8 nitrogen and oxygen atoms in total. The zero-order valence-electron chi connectivity index (χ0n) is 10.3. The number of hydrogen-bond donors (Lipinski definition) is 3. The summed E-state index contributed by atoms with van der Waals surface area (Å²) >= 11 is 0. The highest BCUT2D eigenvalue weighted by Gasteiger charge is 2.18. The first kappa shape index (κ1) is 13.3. The van der Waals surface area contributed by atoms with E-state index < -0.39 is 15.9 Å². The average Bonchev–Trinajstić information content (AvgIpc) is 2.84. The van der Waals surface area contributed by atoms with Gasteiger partial charge in [0.05, 0.1) is 0 Å². The van der Waals surface area contributed by atoms with E-state index in [0.29, 0.717) is 5.82 Å². The fraction of sp³-hybridized carbons (Fsp3) is 0.200. The predicted molar refractivity (Wildman–Crippen MR) is 68.1 cm³/mol. The Bertz CT molecular complexity index is 728. The Kier molecular flexibility index (Phi) is 3.16. The van der Waals surface area contributed by atoms with E-state index in [2.05, 4.69) is 15.5 Å². The number of primary sulfonamides is 1. The molecule has 0 aliphatic rings. The number of nitrogens with two attached hydrogens (primary N) is 1. The minimum absolute atomic E-state index is 0.113. The first-order chi connectivity index (χ1) is 8.77. The van der Waals surface area contributed by atoms with Crippen molar-refractivity contribution in [3.8, 4) is 0 Å². The molecule has 0 saturated carbocycles. The lowest BCUT2D eigenvalue weighted by molar-refractivity contribution is 0.101. The van der Waals surface area contributed by atoms with Crippen LogP contribution in [0.2, 0.25) is 0 Å². The lowest BCUT2D eigenvalue weighted by Gasteiger charge is -2.02. The van der Waals surface area contributed by atoms with Gasteiger partial charge in [0.25, 0.3) is 5.91 Å². The normalized spacial score (nSPS) is 11.5. The maximum absolute atomic E-state index is 12.0. The van der Waals surface area contributed by atoms with E-state index in [0.717, 1.165) is 5.69 Å². The summed E-state index contributed by atoms with van der Waals surface area (Å²) in [5.41, 5.74) is 0.970. The Morgan fingerprint density at radius 1 is 1.47 bits per heavy atom. The number of aromatic amines is 1. The van der Waals surface area contributed by atoms with Gasteiger partial charge in [-0.3, -0.25) is 9.89 Å². The maximum atomic E-state index is 12.0. The van der Waals surface area contributed by atoms with Gasteiger partial charge in [0, 0.05) is 25.0 Å². The molecule has 2 heterocycles. The summed E-state index contributed by atoms with van der Waals surface area (Å²) in [4.78, 5) is 11.9. The molecule has 2 rings (SSSR count). The van der Waals surface area contributed by atoms with E-state index in [9.17, 15) is 13.2 Å². The number of carbonyl (C=O) groups is 1. The van der Waals surface area contributed by atoms with Crippen molar-refractivity contribution in [1.29, 1.82) is 0 Å². The monoisotopic (exact) mass is 283 g/mol. The van der Waals surface area contributed by atoms with Crippen molar-refractivity contribution >= 4 is 21.7 Å². The molecule has 2 aromatic rings. The second-order valence-corrected chi connectivity index (χ2v) is 5.67. The molecule has 0 radical (unpaired) electrons. The van der Waals surface area contributed by atoms with Gasteiger partial charge in [0.1, 0.15) is 10.6 Å². The topological polar surface area (TPSA) is 123 Å². The number of sulfonamides is 1. The Morgan fingerprint density at radius 3 is 2.63 bits per heavy atom. The molecule has 0 aromatic carbocycles. The molecule has 0 atom stereocenters. The van der Waals surface area contributed by atoms with Gasteiger partial charge in [-0.25, -0.2) is 13.6 Å². The number of amides is 1. The Balaban J connectivity index is 2.27. The van der Waals surface area contributed by atoms with E-state index in [1.165, 1.54) is 16.8 Å². The second-order valence-electron chi connectivity index (χ2n) is 4.11. The van der Waals surface area contributed by atoms with Gasteiger partial charge in [-0.1, -0.05) is 0 Å². The van der Waals surface area contributed by atoms with Gasteiger partial charge in [-0.15, -0.1) is 0 Å². The number of nitrogens with zero attached hydrogens (tertiary/aromatic N) is 2. The number of nitrogens with one attached hydrogen (secondary N) is 2. The van der Waals surface area contributed by atoms with Gasteiger partial charge in [0.2, 0.25) is 10.0 Å². The third kappa shape index (κ3) is 2.83. The van der Waals surface area contributed by atoms with Crippen LogP contribution in [0.4, 0.5) is 5.82 Å². The fourth-order valence-corrected chi connectivity index (χ4v) is 2.16. The van der Waals surface area contributed by atoms with Crippen LogP contribution in [0.15, 0.2) is 23.2 Å². The summed E-state index contributed by atoms with van der Waals surface area (Å²) in [5.74, 6) is -0.107. The zero-order chi connectivity index (χ0) is 14.2. The summed E-state index contributed by atoms with van der Waals surface area (Å²) in [7, 11) is -2.27.